The van der Waals surface area contributed by atoms with Gasteiger partial charge in [0, 0.05) is 30.9 Å². The van der Waals surface area contributed by atoms with Gasteiger partial charge in [-0.2, -0.15) is 0 Å². The molecule has 2 unspecified atom stereocenters. The normalized spacial score (nSPS) is 18.4. The molecule has 4 aromatic rings. The van der Waals surface area contributed by atoms with Gasteiger partial charge in [-0.3, -0.25) is 4.98 Å². The first-order valence-corrected chi connectivity index (χ1v) is 15.3. The minimum atomic E-state index is -0.905. The van der Waals surface area contributed by atoms with E-state index in [1.165, 1.54) is 62.6 Å². The fourth-order valence-electron chi connectivity index (χ4n) is 7.27. The van der Waals surface area contributed by atoms with Crippen molar-refractivity contribution in [3.05, 3.63) is 173 Å². The first-order valence-electron chi connectivity index (χ1n) is 15.3. The Bertz CT molecular complexity index is 1870. The molecule has 224 valence electrons. The van der Waals surface area contributed by atoms with Gasteiger partial charge in [-0.25, -0.2) is 0 Å². The highest BCUT2D eigenvalue weighted by atomic mass is 16.5. The van der Waals surface area contributed by atoms with Crippen LogP contribution in [0.4, 0.5) is 0 Å². The largest absolute Gasteiger partial charge is 0.493 e. The maximum atomic E-state index is 9.59. The van der Waals surface area contributed by atoms with E-state index in [1.807, 2.05) is 24.4 Å². The summed E-state index contributed by atoms with van der Waals surface area (Å²) in [4.78, 5) is 4.69. The average molecular weight is 593 g/mol. The molecule has 2 atom stereocenters. The molecule has 0 bridgehead atoms. The summed E-state index contributed by atoms with van der Waals surface area (Å²) < 4.78 is 5.42. The fraction of sp³-hybridized carbons (Fsp3) is 0.154. The molecule has 7 N–H and O–H groups in total. The number of ether oxygens (including phenoxy) is 1. The number of rotatable bonds is 8. The Morgan fingerprint density at radius 3 is 2.38 bits per heavy atom. The van der Waals surface area contributed by atoms with E-state index >= 15 is 0 Å². The lowest BCUT2D eigenvalue weighted by Crippen LogP contribution is -2.27. The van der Waals surface area contributed by atoms with E-state index < -0.39 is 11.6 Å². The standard InChI is InChI=1S/C39H36N4O2/c40-18-19-45-24-29-15-12-28(23-43-29)26-14-17-33-32-16-13-25(27(22-41)6-5-11-38(42)44)20-36(32)39(37(33)21-26)34-9-3-1-7-30(34)31-8-2-4-10-35(31)39/h1-10,12-13,15-23,26,38,44H,11,14,24,40-42H2/b6-5-,19-18-,27-22+. The van der Waals surface area contributed by atoms with Crippen molar-refractivity contribution in [2.75, 3.05) is 0 Å². The van der Waals surface area contributed by atoms with Crippen molar-refractivity contribution < 1.29 is 9.84 Å². The summed E-state index contributed by atoms with van der Waals surface area (Å²) in [5, 5.41) is 9.59. The summed E-state index contributed by atoms with van der Waals surface area (Å²) in [6.45, 7) is 0.374. The smallest absolute Gasteiger partial charge is 0.129 e. The number of aliphatic hydroxyl groups is 1. The Kier molecular flexibility index (Phi) is 7.45. The molecule has 1 aromatic heterocycles. The molecule has 3 aliphatic rings. The molecule has 3 aromatic carbocycles. The lowest BCUT2D eigenvalue weighted by molar-refractivity contribution is 0.186. The van der Waals surface area contributed by atoms with Crippen LogP contribution in [0.1, 0.15) is 57.8 Å². The fourth-order valence-corrected chi connectivity index (χ4v) is 7.27. The molecule has 0 saturated heterocycles. The third-order valence-corrected chi connectivity index (χ3v) is 9.17. The molecular weight excluding hydrogens is 556 g/mol. The molecule has 0 saturated carbocycles. The Morgan fingerprint density at radius 2 is 1.71 bits per heavy atom. The van der Waals surface area contributed by atoms with Crippen LogP contribution in [0.5, 0.6) is 0 Å². The number of fused-ring (bicyclic) bond motifs is 10. The molecule has 0 amide bonds. The van der Waals surface area contributed by atoms with Crippen molar-refractivity contribution in [1.29, 1.82) is 0 Å². The summed E-state index contributed by atoms with van der Waals surface area (Å²) in [5.74, 6) is 0.172. The molecule has 1 spiro atoms. The van der Waals surface area contributed by atoms with E-state index in [0.29, 0.717) is 13.0 Å². The Balaban J connectivity index is 1.40. The molecule has 6 nitrogen and oxygen atoms in total. The van der Waals surface area contributed by atoms with Gasteiger partial charge in [-0.1, -0.05) is 91.0 Å². The second-order valence-electron chi connectivity index (χ2n) is 11.7. The molecular formula is C39H36N4O2. The Labute approximate surface area is 263 Å². The minimum absolute atomic E-state index is 0.172. The van der Waals surface area contributed by atoms with Gasteiger partial charge >= 0.3 is 0 Å². The molecule has 3 aliphatic carbocycles. The van der Waals surface area contributed by atoms with E-state index in [-0.39, 0.29) is 5.92 Å². The van der Waals surface area contributed by atoms with Crippen molar-refractivity contribution in [1.82, 2.24) is 4.98 Å². The maximum Gasteiger partial charge on any atom is 0.129 e. The number of hydrogen-bond acceptors (Lipinski definition) is 6. The predicted octanol–water partition coefficient (Wildman–Crippen LogP) is 6.38. The van der Waals surface area contributed by atoms with E-state index in [4.69, 9.17) is 21.9 Å². The summed E-state index contributed by atoms with van der Waals surface area (Å²) in [5.41, 5.74) is 30.8. The van der Waals surface area contributed by atoms with Crippen molar-refractivity contribution in [2.24, 2.45) is 17.2 Å². The van der Waals surface area contributed by atoms with Crippen LogP contribution in [-0.4, -0.2) is 16.3 Å². The highest BCUT2D eigenvalue weighted by Gasteiger charge is 2.54. The van der Waals surface area contributed by atoms with Crippen molar-refractivity contribution >= 4 is 11.1 Å². The second-order valence-corrected chi connectivity index (χ2v) is 11.7. The molecule has 7 rings (SSSR count). The molecule has 45 heavy (non-hydrogen) atoms. The third kappa shape index (κ3) is 4.70. The Morgan fingerprint density at radius 1 is 0.956 bits per heavy atom. The Hall–Kier alpha value is -5.17. The number of benzene rings is 3. The number of hydrogen-bond donors (Lipinski definition) is 4. The van der Waals surface area contributed by atoms with Gasteiger partial charge in [0.05, 0.1) is 17.4 Å². The third-order valence-electron chi connectivity index (χ3n) is 9.17. The van der Waals surface area contributed by atoms with Crippen LogP contribution in [-0.2, 0) is 16.8 Å². The van der Waals surface area contributed by atoms with Crippen LogP contribution in [0.25, 0.3) is 22.3 Å². The van der Waals surface area contributed by atoms with Gasteiger partial charge in [-0.05, 0) is 79.8 Å². The van der Waals surface area contributed by atoms with Gasteiger partial charge in [0.15, 0.2) is 0 Å². The minimum Gasteiger partial charge on any atom is -0.493 e. The number of nitrogens with two attached hydrogens (primary N) is 3. The van der Waals surface area contributed by atoms with E-state index in [9.17, 15) is 5.11 Å². The highest BCUT2D eigenvalue weighted by molar-refractivity contribution is 6.01. The van der Waals surface area contributed by atoms with Crippen LogP contribution in [0, 0.1) is 0 Å². The lowest BCUT2D eigenvalue weighted by atomic mass is 9.68. The number of pyridine rings is 1. The first-order chi connectivity index (χ1) is 22.1. The van der Waals surface area contributed by atoms with Gasteiger partial charge in [0.25, 0.3) is 0 Å². The van der Waals surface area contributed by atoms with Gasteiger partial charge < -0.3 is 27.0 Å². The SMILES string of the molecule is N/C=C\OCc1ccc(C2C=C3C(=CC2)c2ccc(C(/C=C\CC(N)O)=C/N)cc2C32c3ccccc3-c3ccccc32)cn1. The molecule has 0 aliphatic heterocycles. The number of allylic oxidation sites excluding steroid dienone is 6. The molecule has 1 heterocycles. The molecule has 6 heteroatoms. The first kappa shape index (κ1) is 28.6. The zero-order valence-electron chi connectivity index (χ0n) is 24.9. The maximum absolute atomic E-state index is 9.59. The summed E-state index contributed by atoms with van der Waals surface area (Å²) in [6.07, 6.45) is 15.4. The zero-order valence-corrected chi connectivity index (χ0v) is 24.9. The average Bonchev–Trinajstić information content (AvgIpc) is 3.54. The van der Waals surface area contributed by atoms with Gasteiger partial charge in [0.1, 0.15) is 12.8 Å². The molecule has 0 radical (unpaired) electrons. The summed E-state index contributed by atoms with van der Waals surface area (Å²) in [7, 11) is 0. The molecule has 0 fully saturated rings. The van der Waals surface area contributed by atoms with Crippen LogP contribution in [0.3, 0.4) is 0 Å². The summed E-state index contributed by atoms with van der Waals surface area (Å²) in [6, 6.07) is 28.5. The van der Waals surface area contributed by atoms with Crippen LogP contribution in [0.15, 0.2) is 134 Å². The van der Waals surface area contributed by atoms with E-state index in [0.717, 1.165) is 23.3 Å². The van der Waals surface area contributed by atoms with Crippen molar-refractivity contribution in [3.8, 4) is 11.1 Å². The lowest BCUT2D eigenvalue weighted by Gasteiger charge is -2.33. The zero-order chi connectivity index (χ0) is 31.0. The second kappa shape index (κ2) is 11.7. The highest BCUT2D eigenvalue weighted by Crippen LogP contribution is 2.65. The van der Waals surface area contributed by atoms with Crippen LogP contribution >= 0.6 is 0 Å². The van der Waals surface area contributed by atoms with E-state index in [1.54, 1.807) is 6.20 Å². The van der Waals surface area contributed by atoms with Gasteiger partial charge in [-0.15, -0.1) is 0 Å². The number of aliphatic hydroxyl groups excluding tert-OH is 1. The van der Waals surface area contributed by atoms with E-state index in [2.05, 4.69) is 89.9 Å². The summed E-state index contributed by atoms with van der Waals surface area (Å²) >= 11 is 0. The van der Waals surface area contributed by atoms with Gasteiger partial charge in [0.2, 0.25) is 0 Å². The van der Waals surface area contributed by atoms with Crippen LogP contribution < -0.4 is 17.2 Å². The topological polar surface area (TPSA) is 120 Å². The van der Waals surface area contributed by atoms with Crippen molar-refractivity contribution in [2.45, 2.75) is 37.0 Å². The number of aromatic nitrogens is 1. The number of nitrogens with zero attached hydrogens (tertiary/aromatic N) is 1. The van der Waals surface area contributed by atoms with Crippen molar-refractivity contribution in [3.63, 3.8) is 0 Å². The predicted molar refractivity (Wildman–Crippen MR) is 180 cm³/mol. The van der Waals surface area contributed by atoms with Crippen LogP contribution in [0.2, 0.25) is 0 Å². The monoisotopic (exact) mass is 592 g/mol. The quantitative estimate of drug-likeness (QED) is 0.107.